The molecular weight excluding hydrogens is 292 g/mol. The normalized spacial score (nSPS) is 11.1. The summed E-state index contributed by atoms with van der Waals surface area (Å²) in [7, 11) is -2.61. The van der Waals surface area contributed by atoms with Crippen molar-refractivity contribution in [3.8, 4) is 0 Å². The van der Waals surface area contributed by atoms with Gasteiger partial charge in [0.2, 0.25) is 15.9 Å². The van der Waals surface area contributed by atoms with Crippen molar-refractivity contribution in [1.82, 2.24) is 10.0 Å². The molecule has 1 rings (SSSR count). The van der Waals surface area contributed by atoms with Gasteiger partial charge in [-0.3, -0.25) is 4.79 Å². The van der Waals surface area contributed by atoms with E-state index >= 15 is 0 Å². The van der Waals surface area contributed by atoms with Crippen molar-refractivity contribution < 1.29 is 22.7 Å². The number of hydrogen-bond donors (Lipinski definition) is 2. The summed E-state index contributed by atoms with van der Waals surface area (Å²) in [5.41, 5.74) is 0. The summed E-state index contributed by atoms with van der Waals surface area (Å²) in [5, 5.41) is 3.95. The number of nitrogens with one attached hydrogen (secondary N) is 2. The molecule has 1 heterocycles. The van der Waals surface area contributed by atoms with Gasteiger partial charge in [-0.1, -0.05) is 0 Å². The smallest absolute Gasteiger partial charge is 0.349 e. The number of hydrogen-bond acceptors (Lipinski definition) is 6. The lowest BCUT2D eigenvalue weighted by Gasteiger charge is -2.07. The molecule has 0 atom stereocenters. The molecule has 0 aromatic carbocycles. The summed E-state index contributed by atoms with van der Waals surface area (Å²) in [6, 6.07) is 1.33. The summed E-state index contributed by atoms with van der Waals surface area (Å²) < 4.78 is 30.7. The van der Waals surface area contributed by atoms with Crippen LogP contribution in [0.5, 0.6) is 0 Å². The highest BCUT2D eigenvalue weighted by atomic mass is 32.2. The van der Waals surface area contributed by atoms with Gasteiger partial charge in [-0.25, -0.2) is 17.9 Å². The van der Waals surface area contributed by atoms with Crippen LogP contribution in [0.4, 0.5) is 0 Å². The highest BCUT2D eigenvalue weighted by Gasteiger charge is 2.24. The van der Waals surface area contributed by atoms with Crippen molar-refractivity contribution in [2.75, 3.05) is 20.2 Å². The number of sulfonamides is 1. The fourth-order valence-corrected chi connectivity index (χ4v) is 3.62. The predicted octanol–water partition coefficient (Wildman–Crippen LogP) is -0.0509. The SMILES string of the molecule is COC(=O)c1sccc1S(=O)(=O)NCCNC(C)=O. The quantitative estimate of drug-likeness (QED) is 0.567. The van der Waals surface area contributed by atoms with Crippen LogP contribution in [0, 0.1) is 0 Å². The van der Waals surface area contributed by atoms with Gasteiger partial charge in [-0.15, -0.1) is 11.3 Å². The zero-order valence-corrected chi connectivity index (χ0v) is 12.1. The van der Waals surface area contributed by atoms with E-state index in [4.69, 9.17) is 0 Å². The number of methoxy groups -OCH3 is 1. The van der Waals surface area contributed by atoms with E-state index < -0.39 is 16.0 Å². The first-order valence-electron chi connectivity index (χ1n) is 5.28. The first-order valence-corrected chi connectivity index (χ1v) is 7.64. The van der Waals surface area contributed by atoms with E-state index in [1.165, 1.54) is 25.5 Å². The molecule has 0 aliphatic heterocycles. The number of amides is 1. The molecule has 1 aromatic heterocycles. The Morgan fingerprint density at radius 2 is 2.05 bits per heavy atom. The standard InChI is InChI=1S/C10H14N2O5S2/c1-7(13)11-4-5-12-19(15,16)8-3-6-18-9(8)10(14)17-2/h3,6,12H,4-5H2,1-2H3,(H,11,13). The number of rotatable bonds is 6. The molecule has 0 saturated heterocycles. The summed E-state index contributed by atoms with van der Waals surface area (Å²) in [6.07, 6.45) is 0. The van der Waals surface area contributed by atoms with E-state index in [9.17, 15) is 18.0 Å². The summed E-state index contributed by atoms with van der Waals surface area (Å²) in [4.78, 5) is 21.9. The van der Waals surface area contributed by atoms with Crippen LogP contribution in [0.3, 0.4) is 0 Å². The third-order valence-corrected chi connectivity index (χ3v) is 4.61. The molecule has 0 unspecified atom stereocenters. The first-order chi connectivity index (χ1) is 8.88. The van der Waals surface area contributed by atoms with Crippen LogP contribution >= 0.6 is 11.3 Å². The van der Waals surface area contributed by atoms with Crippen LogP contribution in [0.25, 0.3) is 0 Å². The molecule has 106 valence electrons. The molecule has 0 fully saturated rings. The molecule has 0 aliphatic rings. The van der Waals surface area contributed by atoms with E-state index in [0.717, 1.165) is 11.3 Å². The average molecular weight is 306 g/mol. The van der Waals surface area contributed by atoms with Crippen LogP contribution in [-0.2, 0) is 19.6 Å². The van der Waals surface area contributed by atoms with E-state index in [1.807, 2.05) is 0 Å². The molecule has 7 nitrogen and oxygen atoms in total. The van der Waals surface area contributed by atoms with E-state index in [1.54, 1.807) is 0 Å². The van der Waals surface area contributed by atoms with Gasteiger partial charge in [-0.2, -0.15) is 0 Å². The Bertz CT molecular complexity index is 564. The summed E-state index contributed by atoms with van der Waals surface area (Å²) in [5.74, 6) is -0.942. The Morgan fingerprint density at radius 3 is 2.63 bits per heavy atom. The fraction of sp³-hybridized carbons (Fsp3) is 0.400. The second-order valence-electron chi connectivity index (χ2n) is 3.49. The van der Waals surface area contributed by atoms with Crippen molar-refractivity contribution in [3.05, 3.63) is 16.3 Å². The second-order valence-corrected chi connectivity index (χ2v) is 6.14. The fourth-order valence-electron chi connectivity index (χ4n) is 1.25. The minimum atomic E-state index is -3.79. The van der Waals surface area contributed by atoms with Crippen LogP contribution in [0.1, 0.15) is 16.6 Å². The van der Waals surface area contributed by atoms with Crippen molar-refractivity contribution in [3.63, 3.8) is 0 Å². The lowest BCUT2D eigenvalue weighted by atomic mass is 10.5. The third kappa shape index (κ3) is 4.30. The van der Waals surface area contributed by atoms with E-state index in [2.05, 4.69) is 14.8 Å². The van der Waals surface area contributed by atoms with Gasteiger partial charge in [0.05, 0.1) is 7.11 Å². The Balaban J connectivity index is 2.75. The molecule has 0 bridgehead atoms. The molecule has 0 radical (unpaired) electrons. The predicted molar refractivity (Wildman–Crippen MR) is 69.5 cm³/mol. The highest BCUT2D eigenvalue weighted by Crippen LogP contribution is 2.22. The first kappa shape index (κ1) is 15.6. The summed E-state index contributed by atoms with van der Waals surface area (Å²) in [6.45, 7) is 1.55. The van der Waals surface area contributed by atoms with Crippen molar-refractivity contribution in [2.24, 2.45) is 0 Å². The molecule has 2 N–H and O–H groups in total. The Kier molecular flexibility index (Phi) is 5.45. The molecule has 1 amide bonds. The number of carbonyl (C=O) groups excluding carboxylic acids is 2. The zero-order chi connectivity index (χ0) is 14.5. The minimum absolute atomic E-state index is 0.0227. The van der Waals surface area contributed by atoms with Gasteiger partial charge in [0.15, 0.2) is 0 Å². The maximum absolute atomic E-state index is 12.0. The van der Waals surface area contributed by atoms with Gasteiger partial charge in [0, 0.05) is 20.0 Å². The lowest BCUT2D eigenvalue weighted by molar-refractivity contribution is -0.118. The number of carbonyl (C=O) groups is 2. The second kappa shape index (κ2) is 6.64. The topological polar surface area (TPSA) is 102 Å². The van der Waals surface area contributed by atoms with E-state index in [-0.39, 0.29) is 28.8 Å². The van der Waals surface area contributed by atoms with Crippen LogP contribution in [-0.4, -0.2) is 40.5 Å². The molecule has 9 heteroatoms. The molecule has 0 spiro atoms. The average Bonchev–Trinajstić information content (AvgIpc) is 2.83. The molecular formula is C10H14N2O5S2. The number of ether oxygens (including phenoxy) is 1. The number of thiophene rings is 1. The highest BCUT2D eigenvalue weighted by molar-refractivity contribution is 7.89. The zero-order valence-electron chi connectivity index (χ0n) is 10.4. The Hall–Kier alpha value is -1.45. The molecule has 0 saturated carbocycles. The molecule has 19 heavy (non-hydrogen) atoms. The van der Waals surface area contributed by atoms with Gasteiger partial charge in [0.25, 0.3) is 0 Å². The number of esters is 1. The van der Waals surface area contributed by atoms with Crippen molar-refractivity contribution in [2.45, 2.75) is 11.8 Å². The van der Waals surface area contributed by atoms with Gasteiger partial charge >= 0.3 is 5.97 Å². The third-order valence-electron chi connectivity index (χ3n) is 2.08. The maximum atomic E-state index is 12.0. The van der Waals surface area contributed by atoms with Gasteiger partial charge in [-0.05, 0) is 11.4 Å². The Labute approximate surface area is 115 Å². The van der Waals surface area contributed by atoms with Crippen molar-refractivity contribution >= 4 is 33.2 Å². The van der Waals surface area contributed by atoms with Crippen LogP contribution in [0.15, 0.2) is 16.3 Å². The van der Waals surface area contributed by atoms with E-state index in [0.29, 0.717) is 0 Å². The molecule has 1 aromatic rings. The van der Waals surface area contributed by atoms with Crippen LogP contribution in [0.2, 0.25) is 0 Å². The largest absolute Gasteiger partial charge is 0.465 e. The van der Waals surface area contributed by atoms with Crippen LogP contribution < -0.4 is 10.0 Å². The minimum Gasteiger partial charge on any atom is -0.465 e. The molecule has 0 aliphatic carbocycles. The Morgan fingerprint density at radius 1 is 1.37 bits per heavy atom. The monoisotopic (exact) mass is 306 g/mol. The van der Waals surface area contributed by atoms with Gasteiger partial charge in [0.1, 0.15) is 9.77 Å². The van der Waals surface area contributed by atoms with Crippen molar-refractivity contribution in [1.29, 1.82) is 0 Å². The maximum Gasteiger partial charge on any atom is 0.349 e. The summed E-state index contributed by atoms with van der Waals surface area (Å²) >= 11 is 0.990. The van der Waals surface area contributed by atoms with Gasteiger partial charge < -0.3 is 10.1 Å². The lowest BCUT2D eigenvalue weighted by Crippen LogP contribution is -2.34.